The number of ether oxygens (including phenoxy) is 1. The summed E-state index contributed by atoms with van der Waals surface area (Å²) in [6.07, 6.45) is 1.77. The molecule has 27 heavy (non-hydrogen) atoms. The molecule has 0 unspecified atom stereocenters. The van der Waals surface area contributed by atoms with Crippen molar-refractivity contribution in [2.45, 2.75) is 13.1 Å². The Morgan fingerprint density at radius 2 is 2.00 bits per heavy atom. The first-order valence-corrected chi connectivity index (χ1v) is 8.64. The maximum atomic E-state index is 13.2. The number of nitrogens with one attached hydrogen (secondary N) is 1. The van der Waals surface area contributed by atoms with Crippen molar-refractivity contribution in [2.24, 2.45) is 0 Å². The number of aromatic nitrogens is 2. The van der Waals surface area contributed by atoms with E-state index in [9.17, 15) is 9.18 Å². The third-order valence-corrected chi connectivity index (χ3v) is 4.63. The van der Waals surface area contributed by atoms with E-state index in [1.807, 2.05) is 22.9 Å². The molecule has 0 saturated heterocycles. The minimum Gasteiger partial charge on any atom is -0.497 e. The molecule has 4 rings (SSSR count). The van der Waals surface area contributed by atoms with Gasteiger partial charge in [0.25, 0.3) is 0 Å². The van der Waals surface area contributed by atoms with E-state index in [1.165, 1.54) is 12.1 Å². The van der Waals surface area contributed by atoms with Gasteiger partial charge in [-0.15, -0.1) is 0 Å². The normalized spacial score (nSPS) is 13.2. The van der Waals surface area contributed by atoms with Gasteiger partial charge < -0.3 is 15.0 Å². The zero-order valence-electron chi connectivity index (χ0n) is 14.9. The van der Waals surface area contributed by atoms with Crippen molar-refractivity contribution in [3.05, 3.63) is 66.2 Å². The molecule has 2 amide bonds. The Bertz CT molecular complexity index is 968. The molecule has 0 atom stereocenters. The number of anilines is 1. The topological polar surface area (TPSA) is 59.4 Å². The van der Waals surface area contributed by atoms with Crippen LogP contribution < -0.4 is 10.1 Å². The highest BCUT2D eigenvalue weighted by atomic mass is 19.1. The van der Waals surface area contributed by atoms with E-state index >= 15 is 0 Å². The number of carbonyl (C=O) groups is 1. The van der Waals surface area contributed by atoms with Crippen molar-refractivity contribution in [3.63, 3.8) is 0 Å². The molecular formula is C20H19FN4O2. The first kappa shape index (κ1) is 17.1. The van der Waals surface area contributed by atoms with Crippen LogP contribution in [0.1, 0.15) is 5.69 Å². The molecule has 2 heterocycles. The summed E-state index contributed by atoms with van der Waals surface area (Å²) in [5.41, 5.74) is 3.41. The van der Waals surface area contributed by atoms with Crippen LogP contribution in [0.3, 0.4) is 0 Å². The van der Waals surface area contributed by atoms with Gasteiger partial charge in [-0.3, -0.25) is 4.68 Å². The van der Waals surface area contributed by atoms with Gasteiger partial charge in [0, 0.05) is 23.9 Å². The lowest BCUT2D eigenvalue weighted by atomic mass is 10.1. The van der Waals surface area contributed by atoms with Gasteiger partial charge in [0.1, 0.15) is 11.6 Å². The van der Waals surface area contributed by atoms with Gasteiger partial charge in [0.05, 0.1) is 32.1 Å². The first-order chi connectivity index (χ1) is 13.1. The van der Waals surface area contributed by atoms with Crippen molar-refractivity contribution in [1.82, 2.24) is 14.7 Å². The number of nitrogens with zero attached hydrogens (tertiary/aromatic N) is 3. The van der Waals surface area contributed by atoms with E-state index in [2.05, 4.69) is 10.4 Å². The zero-order chi connectivity index (χ0) is 18.8. The molecule has 6 nitrogen and oxygen atoms in total. The summed E-state index contributed by atoms with van der Waals surface area (Å²) < 4.78 is 20.3. The van der Waals surface area contributed by atoms with Gasteiger partial charge in [-0.1, -0.05) is 18.2 Å². The van der Waals surface area contributed by atoms with Crippen molar-refractivity contribution >= 4 is 11.7 Å². The summed E-state index contributed by atoms with van der Waals surface area (Å²) in [5.74, 6) is 0.405. The Morgan fingerprint density at radius 1 is 1.19 bits per heavy atom. The molecule has 1 aromatic heterocycles. The molecule has 1 N–H and O–H groups in total. The third-order valence-electron chi connectivity index (χ3n) is 4.63. The average Bonchev–Trinajstić information content (AvgIpc) is 3.12. The zero-order valence-corrected chi connectivity index (χ0v) is 14.9. The van der Waals surface area contributed by atoms with Gasteiger partial charge >= 0.3 is 6.03 Å². The molecule has 7 heteroatoms. The van der Waals surface area contributed by atoms with Crippen molar-refractivity contribution in [2.75, 3.05) is 19.0 Å². The van der Waals surface area contributed by atoms with E-state index in [0.29, 0.717) is 31.1 Å². The van der Waals surface area contributed by atoms with Crippen LogP contribution in [0.5, 0.6) is 5.75 Å². The fraction of sp³-hybridized carbons (Fsp3) is 0.200. The summed E-state index contributed by atoms with van der Waals surface area (Å²) in [7, 11) is 1.59. The number of carbonyl (C=O) groups excluding carboxylic acids is 1. The largest absolute Gasteiger partial charge is 0.497 e. The van der Waals surface area contributed by atoms with Gasteiger partial charge in [-0.25, -0.2) is 9.18 Å². The highest BCUT2D eigenvalue weighted by Crippen LogP contribution is 2.27. The van der Waals surface area contributed by atoms with Crippen LogP contribution in [0.25, 0.3) is 11.1 Å². The van der Waals surface area contributed by atoms with Crippen LogP contribution in [-0.2, 0) is 13.1 Å². The summed E-state index contributed by atoms with van der Waals surface area (Å²) >= 11 is 0. The van der Waals surface area contributed by atoms with Gasteiger partial charge in [-0.05, 0) is 29.8 Å². The lowest BCUT2D eigenvalue weighted by molar-refractivity contribution is 0.194. The van der Waals surface area contributed by atoms with E-state index < -0.39 is 0 Å². The van der Waals surface area contributed by atoms with Crippen LogP contribution >= 0.6 is 0 Å². The Kier molecular flexibility index (Phi) is 4.50. The summed E-state index contributed by atoms with van der Waals surface area (Å²) in [5, 5.41) is 7.31. The van der Waals surface area contributed by atoms with Crippen LogP contribution in [0.15, 0.2) is 54.7 Å². The Balaban J connectivity index is 1.53. The lowest BCUT2D eigenvalue weighted by Crippen LogP contribution is -2.41. The van der Waals surface area contributed by atoms with E-state index in [4.69, 9.17) is 4.74 Å². The summed E-state index contributed by atoms with van der Waals surface area (Å²) in [6, 6.07) is 13.4. The number of rotatable bonds is 3. The Hall–Kier alpha value is -3.35. The SMILES string of the molecule is COc1cccc(NC(=O)N2CCn3ncc(-c4ccc(F)cc4)c3C2)c1. The second kappa shape index (κ2) is 7.11. The fourth-order valence-corrected chi connectivity index (χ4v) is 3.19. The quantitative estimate of drug-likeness (QED) is 0.768. The lowest BCUT2D eigenvalue weighted by Gasteiger charge is -2.28. The molecule has 0 saturated carbocycles. The molecule has 3 aromatic rings. The summed E-state index contributed by atoms with van der Waals surface area (Å²) in [4.78, 5) is 14.4. The molecule has 0 radical (unpaired) electrons. The predicted molar refractivity (Wildman–Crippen MR) is 100 cm³/mol. The predicted octanol–water partition coefficient (Wildman–Crippen LogP) is 3.75. The number of hydrogen-bond acceptors (Lipinski definition) is 3. The molecule has 2 aromatic carbocycles. The van der Waals surface area contributed by atoms with Crippen molar-refractivity contribution in [3.8, 4) is 16.9 Å². The van der Waals surface area contributed by atoms with E-state index in [0.717, 1.165) is 16.8 Å². The number of benzene rings is 2. The average molecular weight is 366 g/mol. The highest BCUT2D eigenvalue weighted by Gasteiger charge is 2.24. The van der Waals surface area contributed by atoms with Gasteiger partial charge in [-0.2, -0.15) is 5.10 Å². The van der Waals surface area contributed by atoms with Crippen molar-refractivity contribution in [1.29, 1.82) is 0 Å². The second-order valence-corrected chi connectivity index (χ2v) is 6.32. The number of urea groups is 1. The monoisotopic (exact) mass is 366 g/mol. The molecule has 138 valence electrons. The number of methoxy groups -OCH3 is 1. The molecule has 1 aliphatic rings. The fourth-order valence-electron chi connectivity index (χ4n) is 3.19. The third kappa shape index (κ3) is 3.48. The van der Waals surface area contributed by atoms with E-state index in [-0.39, 0.29) is 11.8 Å². The Labute approximate surface area is 156 Å². The maximum Gasteiger partial charge on any atom is 0.322 e. The van der Waals surface area contributed by atoms with Crippen LogP contribution in [-0.4, -0.2) is 34.4 Å². The molecule has 0 bridgehead atoms. The number of amides is 2. The van der Waals surface area contributed by atoms with Gasteiger partial charge in [0.2, 0.25) is 0 Å². The minimum atomic E-state index is -0.279. The molecule has 0 spiro atoms. The first-order valence-electron chi connectivity index (χ1n) is 8.64. The highest BCUT2D eigenvalue weighted by molar-refractivity contribution is 5.89. The molecule has 0 fully saturated rings. The van der Waals surface area contributed by atoms with Gasteiger partial charge in [0.15, 0.2) is 0 Å². The molecule has 0 aliphatic carbocycles. The molecular weight excluding hydrogens is 347 g/mol. The standard InChI is InChI=1S/C20H19FN4O2/c1-27-17-4-2-3-16(11-17)23-20(26)24-9-10-25-19(13-24)18(12-22-25)14-5-7-15(21)8-6-14/h2-8,11-12H,9-10,13H2,1H3,(H,23,26). The number of halogens is 1. The molecule has 1 aliphatic heterocycles. The van der Waals surface area contributed by atoms with Crippen LogP contribution in [0.2, 0.25) is 0 Å². The van der Waals surface area contributed by atoms with Crippen LogP contribution in [0.4, 0.5) is 14.9 Å². The number of fused-ring (bicyclic) bond motifs is 1. The maximum absolute atomic E-state index is 13.2. The van der Waals surface area contributed by atoms with Crippen molar-refractivity contribution < 1.29 is 13.9 Å². The Morgan fingerprint density at radius 3 is 2.78 bits per heavy atom. The number of hydrogen-bond donors (Lipinski definition) is 1. The summed E-state index contributed by atoms with van der Waals surface area (Å²) in [6.45, 7) is 1.61. The van der Waals surface area contributed by atoms with E-state index in [1.54, 1.807) is 36.4 Å². The van der Waals surface area contributed by atoms with Crippen LogP contribution in [0, 0.1) is 5.82 Å². The smallest absolute Gasteiger partial charge is 0.322 e. The second-order valence-electron chi connectivity index (χ2n) is 6.32. The minimum absolute atomic E-state index is 0.180.